The number of rotatable bonds is 11. The zero-order valence-electron chi connectivity index (χ0n) is 35.4. The summed E-state index contributed by atoms with van der Waals surface area (Å²) in [4.78, 5) is 71.0. The Morgan fingerprint density at radius 2 is 1.68 bits per heavy atom. The second-order valence-electron chi connectivity index (χ2n) is 18.1. The summed E-state index contributed by atoms with van der Waals surface area (Å²) in [5.74, 6) is -1.23. The third-order valence-electron chi connectivity index (χ3n) is 14.2. The third kappa shape index (κ3) is 8.27. The van der Waals surface area contributed by atoms with E-state index in [-0.39, 0.29) is 30.1 Å². The van der Waals surface area contributed by atoms with Crippen molar-refractivity contribution in [2.75, 3.05) is 43.9 Å². The number of imide groups is 2. The van der Waals surface area contributed by atoms with Crippen molar-refractivity contribution in [2.24, 2.45) is 17.3 Å². The molecule has 4 aromatic rings. The molecule has 1 atom stereocenters. The molecule has 2 aromatic carbocycles. The van der Waals surface area contributed by atoms with E-state index in [0.29, 0.717) is 52.0 Å². The number of benzene rings is 2. The summed E-state index contributed by atoms with van der Waals surface area (Å²) in [7, 11) is 1.47. The lowest BCUT2D eigenvalue weighted by atomic mass is 9.57. The number of methoxy groups -OCH3 is 1. The maximum Gasteiger partial charge on any atom is 0.433 e. The number of anilines is 2. The standard InChI is InChI=1S/C46H51F3N8O6/c1-26-31-21-35(52-41(59)33-7-4-8-38(51-33)46(47,48)49)37(63-2)22-34(31)54-57(26)29-11-9-27(10-12-29)25-55-19-16-45(17-20-55)23-28(24-45)15-18-50-32-6-3-5-30-40(32)44(62)56(43(30)61)36-13-14-39(58)53-42(36)60/h3-8,21-22,27-29,36,50H,9-20,23-25H2,1-2H3,(H,52,59)(H,53,58,60)/t27-,29-,36?. The molecule has 3 aliphatic heterocycles. The number of carbonyl (C=O) groups excluding carboxylic acids is 5. The van der Waals surface area contributed by atoms with Crippen LogP contribution in [0.4, 0.5) is 24.5 Å². The number of likely N-dealkylation sites (tertiary alicyclic amines) is 1. The lowest BCUT2D eigenvalue weighted by molar-refractivity contribution is -0.141. The number of nitrogens with one attached hydrogen (secondary N) is 3. The lowest BCUT2D eigenvalue weighted by Gasteiger charge is -2.53. The average molecular weight is 869 g/mol. The number of halogens is 3. The highest BCUT2D eigenvalue weighted by atomic mass is 19.4. The summed E-state index contributed by atoms with van der Waals surface area (Å²) in [6.07, 6.45) is 5.52. The molecule has 4 fully saturated rings. The minimum Gasteiger partial charge on any atom is -0.494 e. The molecule has 14 nitrogen and oxygen atoms in total. The first-order valence-corrected chi connectivity index (χ1v) is 21.9. The molecule has 2 aliphatic carbocycles. The smallest absolute Gasteiger partial charge is 0.433 e. The molecule has 2 saturated heterocycles. The van der Waals surface area contributed by atoms with Gasteiger partial charge in [-0.1, -0.05) is 12.1 Å². The number of hydrogen-bond donors (Lipinski definition) is 3. The van der Waals surface area contributed by atoms with Crippen molar-refractivity contribution in [2.45, 2.75) is 95.8 Å². The molecule has 17 heteroatoms. The van der Waals surface area contributed by atoms with Crippen molar-refractivity contribution in [1.29, 1.82) is 0 Å². The molecule has 332 valence electrons. The first-order chi connectivity index (χ1) is 30.2. The summed E-state index contributed by atoms with van der Waals surface area (Å²) in [6.45, 7) is 5.99. The van der Waals surface area contributed by atoms with Crippen LogP contribution in [0.25, 0.3) is 10.9 Å². The van der Waals surface area contributed by atoms with Crippen LogP contribution in [0, 0.1) is 24.2 Å². The first-order valence-electron chi connectivity index (χ1n) is 21.9. The molecule has 5 amide bonds. The molecule has 9 rings (SSSR count). The fraction of sp³-hybridized carbons (Fsp3) is 0.500. The normalized spacial score (nSPS) is 22.9. The molecule has 1 unspecified atom stereocenters. The Kier molecular flexibility index (Phi) is 11.3. The Morgan fingerprint density at radius 1 is 0.937 bits per heavy atom. The van der Waals surface area contributed by atoms with E-state index in [0.717, 1.165) is 79.9 Å². The van der Waals surface area contributed by atoms with Gasteiger partial charge in [-0.25, -0.2) is 4.98 Å². The van der Waals surface area contributed by atoms with E-state index in [4.69, 9.17) is 9.84 Å². The van der Waals surface area contributed by atoms with E-state index in [1.54, 1.807) is 30.3 Å². The summed E-state index contributed by atoms with van der Waals surface area (Å²) in [6, 6.07) is 11.1. The van der Waals surface area contributed by atoms with Gasteiger partial charge in [0.25, 0.3) is 17.7 Å². The Balaban J connectivity index is 0.726. The third-order valence-corrected chi connectivity index (χ3v) is 14.2. The monoisotopic (exact) mass is 868 g/mol. The van der Waals surface area contributed by atoms with E-state index in [9.17, 15) is 37.1 Å². The quantitative estimate of drug-likeness (QED) is 0.132. The van der Waals surface area contributed by atoms with Crippen LogP contribution in [0.3, 0.4) is 0 Å². The number of ether oxygens (including phenoxy) is 1. The fourth-order valence-electron chi connectivity index (χ4n) is 10.8. The highest BCUT2D eigenvalue weighted by Crippen LogP contribution is 2.54. The summed E-state index contributed by atoms with van der Waals surface area (Å²) in [5, 5.41) is 14.1. The fourth-order valence-corrected chi connectivity index (χ4v) is 10.8. The topological polar surface area (TPSA) is 168 Å². The number of carbonyl (C=O) groups is 5. The Bertz CT molecular complexity index is 2480. The van der Waals surface area contributed by atoms with Crippen molar-refractivity contribution >= 4 is 51.8 Å². The number of alkyl halides is 3. The van der Waals surface area contributed by atoms with Gasteiger partial charge in [-0.15, -0.1) is 0 Å². The molecule has 5 aliphatic rings. The number of aromatic nitrogens is 3. The number of nitrogens with zero attached hydrogens (tertiary/aromatic N) is 5. The minimum absolute atomic E-state index is 0.0813. The molecule has 0 bridgehead atoms. The minimum atomic E-state index is -4.67. The second kappa shape index (κ2) is 16.7. The second-order valence-corrected chi connectivity index (χ2v) is 18.1. The molecular formula is C46H51F3N8O6. The van der Waals surface area contributed by atoms with Crippen LogP contribution in [0.2, 0.25) is 0 Å². The summed E-state index contributed by atoms with van der Waals surface area (Å²) >= 11 is 0. The van der Waals surface area contributed by atoms with E-state index < -0.39 is 47.4 Å². The van der Waals surface area contributed by atoms with Crippen LogP contribution in [-0.4, -0.2) is 93.4 Å². The van der Waals surface area contributed by atoms with Crippen molar-refractivity contribution in [1.82, 2.24) is 29.9 Å². The van der Waals surface area contributed by atoms with Gasteiger partial charge in [0.2, 0.25) is 11.8 Å². The van der Waals surface area contributed by atoms with Crippen LogP contribution >= 0.6 is 0 Å². The van der Waals surface area contributed by atoms with Gasteiger partial charge in [-0.3, -0.25) is 38.9 Å². The number of fused-ring (bicyclic) bond motifs is 2. The van der Waals surface area contributed by atoms with Crippen molar-refractivity contribution in [3.63, 3.8) is 0 Å². The van der Waals surface area contributed by atoms with E-state index in [1.165, 1.54) is 38.9 Å². The average Bonchev–Trinajstić information content (AvgIpc) is 3.71. The van der Waals surface area contributed by atoms with Gasteiger partial charge in [0.15, 0.2) is 0 Å². The van der Waals surface area contributed by atoms with E-state index >= 15 is 0 Å². The Hall–Kier alpha value is -5.84. The van der Waals surface area contributed by atoms with Crippen LogP contribution < -0.4 is 20.7 Å². The van der Waals surface area contributed by atoms with Crippen LogP contribution in [-0.2, 0) is 15.8 Å². The van der Waals surface area contributed by atoms with E-state index in [2.05, 4.69) is 30.5 Å². The number of amides is 5. The number of piperidine rings is 2. The molecular weight excluding hydrogens is 818 g/mol. The number of hydrogen-bond acceptors (Lipinski definition) is 10. The molecule has 3 N–H and O–H groups in total. The van der Waals surface area contributed by atoms with Gasteiger partial charge in [0.1, 0.15) is 23.2 Å². The number of pyridine rings is 1. The Labute approximate surface area is 362 Å². The molecule has 1 spiro atoms. The van der Waals surface area contributed by atoms with Gasteiger partial charge in [0, 0.05) is 42.3 Å². The largest absolute Gasteiger partial charge is 0.494 e. The van der Waals surface area contributed by atoms with Gasteiger partial charge >= 0.3 is 6.18 Å². The molecule has 5 heterocycles. The molecule has 2 saturated carbocycles. The zero-order valence-corrected chi connectivity index (χ0v) is 35.4. The molecule has 63 heavy (non-hydrogen) atoms. The maximum atomic E-state index is 13.5. The van der Waals surface area contributed by atoms with Crippen LogP contribution in [0.5, 0.6) is 5.75 Å². The SMILES string of the molecule is COc1cc2nn([C@H]3CC[C@H](CN4CCC5(CC4)CC(CCNc4cccc6c4C(=O)N(C4CCC(=O)NC4=O)C6=O)C5)CC3)c(C)c2cc1NC(=O)c1cccc(C(F)(F)F)n1. The molecule has 0 radical (unpaired) electrons. The van der Waals surface area contributed by atoms with Gasteiger partial charge in [0.05, 0.1) is 35.5 Å². The predicted molar refractivity (Wildman–Crippen MR) is 226 cm³/mol. The van der Waals surface area contributed by atoms with E-state index in [1.807, 2.05) is 6.92 Å². The van der Waals surface area contributed by atoms with Crippen molar-refractivity contribution < 1.29 is 41.9 Å². The van der Waals surface area contributed by atoms with Gasteiger partial charge < -0.3 is 20.3 Å². The Morgan fingerprint density at radius 3 is 2.40 bits per heavy atom. The van der Waals surface area contributed by atoms with Gasteiger partial charge in [-0.05, 0) is 132 Å². The highest BCUT2D eigenvalue weighted by Gasteiger charge is 2.47. The van der Waals surface area contributed by atoms with Gasteiger partial charge in [-0.2, -0.15) is 18.3 Å². The predicted octanol–water partition coefficient (Wildman–Crippen LogP) is 7.15. The van der Waals surface area contributed by atoms with Crippen molar-refractivity contribution in [3.05, 3.63) is 76.7 Å². The van der Waals surface area contributed by atoms with Crippen LogP contribution in [0.15, 0.2) is 48.5 Å². The summed E-state index contributed by atoms with van der Waals surface area (Å²) < 4.78 is 47.3. The van der Waals surface area contributed by atoms with Crippen molar-refractivity contribution in [3.8, 4) is 5.75 Å². The number of aryl methyl sites for hydroxylation is 1. The van der Waals surface area contributed by atoms with Crippen LogP contribution in [0.1, 0.15) is 119 Å². The summed E-state index contributed by atoms with van der Waals surface area (Å²) in [5.41, 5.74) is 2.08. The maximum absolute atomic E-state index is 13.5. The first kappa shape index (κ1) is 42.5. The molecule has 2 aromatic heterocycles. The highest BCUT2D eigenvalue weighted by molar-refractivity contribution is 6.25. The lowest BCUT2D eigenvalue weighted by Crippen LogP contribution is -2.54. The zero-order chi connectivity index (χ0) is 44.2.